The second-order valence-electron chi connectivity index (χ2n) is 12.5. The summed E-state index contributed by atoms with van der Waals surface area (Å²) in [4.78, 5) is 0. The van der Waals surface area contributed by atoms with Gasteiger partial charge in [0.05, 0.1) is 16.6 Å². The summed E-state index contributed by atoms with van der Waals surface area (Å²) in [5.41, 5.74) is 12.5. The first-order valence-corrected chi connectivity index (χ1v) is 15.9. The van der Waals surface area contributed by atoms with Crippen molar-refractivity contribution in [2.45, 2.75) is 0 Å². The van der Waals surface area contributed by atoms with E-state index in [9.17, 15) is 0 Å². The molecule has 0 amide bonds. The Labute approximate surface area is 264 Å². The van der Waals surface area contributed by atoms with E-state index in [0.29, 0.717) is 0 Å². The predicted octanol–water partition coefficient (Wildman–Crippen LogP) is 12.3. The van der Waals surface area contributed by atoms with Crippen LogP contribution in [0.1, 0.15) is 0 Å². The van der Waals surface area contributed by atoms with Crippen LogP contribution in [0, 0.1) is 0 Å². The van der Waals surface area contributed by atoms with Gasteiger partial charge in [-0.1, -0.05) is 127 Å². The van der Waals surface area contributed by atoms with E-state index in [1.165, 1.54) is 82.0 Å². The Morgan fingerprint density at radius 3 is 1.24 bits per heavy atom. The molecule has 0 N–H and O–H groups in total. The molecule has 0 fully saturated rings. The lowest BCUT2D eigenvalue weighted by molar-refractivity contribution is 0.657. The van der Waals surface area contributed by atoms with Gasteiger partial charge in [0.1, 0.15) is 0 Å². The van der Waals surface area contributed by atoms with Crippen molar-refractivity contribution in [2.24, 2.45) is 0 Å². The van der Waals surface area contributed by atoms with Crippen LogP contribution in [-0.4, -0.2) is 4.40 Å². The Balaban J connectivity index is 1.46. The predicted molar refractivity (Wildman–Crippen MR) is 193 cm³/mol. The third-order valence-corrected chi connectivity index (χ3v) is 10.1. The minimum absolute atomic E-state index is 0.896. The molecule has 2 nitrogen and oxygen atoms in total. The monoisotopic (exact) mass is 583 g/mol. The van der Waals surface area contributed by atoms with Gasteiger partial charge in [-0.2, -0.15) is 0 Å². The Bertz CT molecular complexity index is 2750. The summed E-state index contributed by atoms with van der Waals surface area (Å²) in [6.07, 6.45) is 0. The third kappa shape index (κ3) is 3.05. The fraction of sp³-hybridized carbons (Fsp3) is 0. The first-order valence-electron chi connectivity index (χ1n) is 15.9. The standard InChI is InChI=1S/C44H25NO/c1-4-12-26(13-5-1)29-22-36-32-20-10-18-30-34(27-14-6-2-7-15-27)24-38-43(40(30)32)45-42(36)37(23-29)33-21-11-19-31-35(28-16-8-3-9-17-28)25-39(46-38)44(45)41(31)33/h1-25H. The summed E-state index contributed by atoms with van der Waals surface area (Å²) in [7, 11) is 0. The van der Waals surface area contributed by atoms with E-state index in [4.69, 9.17) is 4.42 Å². The largest absolute Gasteiger partial charge is 0.453 e. The molecule has 8 aromatic carbocycles. The molecule has 11 rings (SSSR count). The van der Waals surface area contributed by atoms with Gasteiger partial charge in [0.2, 0.25) is 0 Å². The number of aromatic nitrogens is 1. The molecule has 0 saturated carbocycles. The Hall–Kier alpha value is -6.12. The first-order chi connectivity index (χ1) is 22.8. The van der Waals surface area contributed by atoms with Crippen LogP contribution in [0.5, 0.6) is 0 Å². The van der Waals surface area contributed by atoms with Crippen LogP contribution in [0.25, 0.3) is 104 Å². The van der Waals surface area contributed by atoms with Crippen molar-refractivity contribution >= 4 is 70.8 Å². The van der Waals surface area contributed by atoms with E-state index in [1.807, 2.05) is 0 Å². The Kier molecular flexibility index (Phi) is 4.61. The molecule has 0 aliphatic heterocycles. The maximum atomic E-state index is 7.07. The molecule has 0 aliphatic rings. The zero-order valence-electron chi connectivity index (χ0n) is 24.8. The highest BCUT2D eigenvalue weighted by Gasteiger charge is 2.26. The molecular weight excluding hydrogens is 558 g/mol. The fourth-order valence-electron chi connectivity index (χ4n) is 8.16. The van der Waals surface area contributed by atoms with Gasteiger partial charge in [-0.05, 0) is 79.2 Å². The van der Waals surface area contributed by atoms with E-state index in [1.54, 1.807) is 0 Å². The zero-order chi connectivity index (χ0) is 29.9. The van der Waals surface area contributed by atoms with E-state index in [2.05, 4.69) is 156 Å². The van der Waals surface area contributed by atoms with Gasteiger partial charge in [-0.15, -0.1) is 0 Å². The minimum Gasteiger partial charge on any atom is -0.453 e. The molecular formula is C44H25NO. The summed E-state index contributed by atoms with van der Waals surface area (Å²) in [5.74, 6) is 0. The summed E-state index contributed by atoms with van der Waals surface area (Å²) in [6, 6.07) is 55.1. The molecule has 0 atom stereocenters. The lowest BCUT2D eigenvalue weighted by Gasteiger charge is -2.25. The van der Waals surface area contributed by atoms with Crippen molar-refractivity contribution in [3.63, 3.8) is 0 Å². The van der Waals surface area contributed by atoms with Crippen molar-refractivity contribution in [1.29, 1.82) is 0 Å². The van der Waals surface area contributed by atoms with Crippen molar-refractivity contribution in [2.75, 3.05) is 0 Å². The number of fused-ring (bicyclic) bond motifs is 2. The summed E-state index contributed by atoms with van der Waals surface area (Å²) in [6.45, 7) is 0. The van der Waals surface area contributed by atoms with E-state index >= 15 is 0 Å². The van der Waals surface area contributed by atoms with Crippen LogP contribution in [0.4, 0.5) is 0 Å². The summed E-state index contributed by atoms with van der Waals surface area (Å²) in [5, 5.41) is 9.98. The van der Waals surface area contributed by atoms with Gasteiger partial charge >= 0.3 is 0 Å². The van der Waals surface area contributed by atoms with Crippen molar-refractivity contribution in [3.8, 4) is 33.4 Å². The van der Waals surface area contributed by atoms with Crippen molar-refractivity contribution in [3.05, 3.63) is 152 Å². The van der Waals surface area contributed by atoms with Crippen LogP contribution < -0.4 is 0 Å². The summed E-state index contributed by atoms with van der Waals surface area (Å²) >= 11 is 0. The minimum atomic E-state index is 0.896. The van der Waals surface area contributed by atoms with Crippen LogP contribution in [-0.2, 0) is 0 Å². The second-order valence-corrected chi connectivity index (χ2v) is 12.5. The van der Waals surface area contributed by atoms with Crippen LogP contribution >= 0.6 is 0 Å². The van der Waals surface area contributed by atoms with Gasteiger partial charge in [-0.25, -0.2) is 0 Å². The Morgan fingerprint density at radius 1 is 0.326 bits per heavy atom. The van der Waals surface area contributed by atoms with Crippen LogP contribution in [0.2, 0.25) is 0 Å². The number of pyridine rings is 2. The molecule has 0 bridgehead atoms. The lowest BCUT2D eigenvalue weighted by atomic mass is 9.88. The maximum absolute atomic E-state index is 7.07. The quantitative estimate of drug-likeness (QED) is 0.149. The molecule has 0 radical (unpaired) electrons. The first kappa shape index (κ1) is 24.2. The average molecular weight is 584 g/mol. The highest BCUT2D eigenvalue weighted by atomic mass is 16.3. The molecule has 0 aliphatic carbocycles. The topological polar surface area (TPSA) is 17.6 Å². The van der Waals surface area contributed by atoms with E-state index < -0.39 is 0 Å². The molecule has 0 saturated heterocycles. The normalized spacial score (nSPS) is 12.3. The van der Waals surface area contributed by atoms with E-state index in [-0.39, 0.29) is 0 Å². The molecule has 0 spiro atoms. The summed E-state index contributed by atoms with van der Waals surface area (Å²) < 4.78 is 9.60. The Morgan fingerprint density at radius 2 is 0.761 bits per heavy atom. The fourth-order valence-corrected chi connectivity index (χ4v) is 8.16. The molecule has 3 heterocycles. The molecule has 2 heteroatoms. The average Bonchev–Trinajstić information content (AvgIpc) is 3.13. The zero-order valence-corrected chi connectivity index (χ0v) is 24.8. The van der Waals surface area contributed by atoms with Crippen molar-refractivity contribution < 1.29 is 4.42 Å². The molecule has 212 valence electrons. The molecule has 11 aromatic rings. The number of hydrogen-bond donors (Lipinski definition) is 0. The number of nitrogens with zero attached hydrogens (tertiary/aromatic N) is 1. The van der Waals surface area contributed by atoms with Gasteiger partial charge in [0.25, 0.3) is 0 Å². The van der Waals surface area contributed by atoms with Gasteiger partial charge in [0, 0.05) is 21.5 Å². The SMILES string of the molecule is c1ccc(-c2cc3c4cccc5c(-c6ccccc6)cc6oc7cc(-c8ccccc8)c8cccc9c(c2)c3n(c6c54)c7c89)cc1. The van der Waals surface area contributed by atoms with Crippen LogP contribution in [0.15, 0.2) is 156 Å². The molecule has 0 unspecified atom stereocenters. The number of rotatable bonds is 3. The molecule has 46 heavy (non-hydrogen) atoms. The lowest BCUT2D eigenvalue weighted by Crippen LogP contribution is -2.03. The number of benzene rings is 8. The van der Waals surface area contributed by atoms with Gasteiger partial charge in [0.15, 0.2) is 11.2 Å². The molecule has 3 aromatic heterocycles. The van der Waals surface area contributed by atoms with Crippen LogP contribution in [0.3, 0.4) is 0 Å². The van der Waals surface area contributed by atoms with Crippen molar-refractivity contribution in [1.82, 2.24) is 4.40 Å². The highest BCUT2D eigenvalue weighted by Crippen LogP contribution is 2.49. The smallest absolute Gasteiger partial charge is 0.152 e. The highest BCUT2D eigenvalue weighted by molar-refractivity contribution is 6.34. The van der Waals surface area contributed by atoms with Gasteiger partial charge < -0.3 is 8.82 Å². The number of hydrogen-bond acceptors (Lipinski definition) is 1. The van der Waals surface area contributed by atoms with E-state index in [0.717, 1.165) is 22.2 Å². The van der Waals surface area contributed by atoms with Gasteiger partial charge in [-0.3, -0.25) is 0 Å². The second kappa shape index (κ2) is 8.74. The maximum Gasteiger partial charge on any atom is 0.152 e. The third-order valence-electron chi connectivity index (χ3n) is 10.1.